The van der Waals surface area contributed by atoms with E-state index in [1.54, 1.807) is 24.3 Å². The first kappa shape index (κ1) is 14.3. The van der Waals surface area contributed by atoms with Gasteiger partial charge in [-0.05, 0) is 40.8 Å². The van der Waals surface area contributed by atoms with Gasteiger partial charge in [0.25, 0.3) is 5.91 Å². The SMILES string of the molecule is O=C(c1cccc(-n2cnnn2)c1)N1CCOc2ccc(F)cc21. The van der Waals surface area contributed by atoms with Gasteiger partial charge >= 0.3 is 0 Å². The number of ether oxygens (including phenoxy) is 1. The van der Waals surface area contributed by atoms with E-state index in [1.807, 2.05) is 0 Å². The molecule has 2 aromatic carbocycles. The first-order chi connectivity index (χ1) is 11.7. The third kappa shape index (κ3) is 2.47. The van der Waals surface area contributed by atoms with Crippen molar-refractivity contribution in [2.75, 3.05) is 18.1 Å². The Kier molecular flexibility index (Phi) is 3.42. The molecular weight excluding hydrogens is 313 g/mol. The predicted octanol–water partition coefficient (Wildman–Crippen LogP) is 1.84. The summed E-state index contributed by atoms with van der Waals surface area (Å²) in [5.41, 5.74) is 1.55. The van der Waals surface area contributed by atoms with Crippen LogP contribution >= 0.6 is 0 Å². The van der Waals surface area contributed by atoms with Gasteiger partial charge in [-0.2, -0.15) is 0 Å². The second-order valence-corrected chi connectivity index (χ2v) is 5.22. The summed E-state index contributed by atoms with van der Waals surface area (Å²) < 4.78 is 20.5. The maximum Gasteiger partial charge on any atom is 0.258 e. The van der Waals surface area contributed by atoms with Crippen molar-refractivity contribution >= 4 is 11.6 Å². The fraction of sp³-hybridized carbons (Fsp3) is 0.125. The molecule has 0 fully saturated rings. The maximum atomic E-state index is 13.6. The molecule has 8 heteroatoms. The van der Waals surface area contributed by atoms with Gasteiger partial charge in [-0.1, -0.05) is 6.07 Å². The van der Waals surface area contributed by atoms with E-state index in [1.165, 1.54) is 34.1 Å². The van der Waals surface area contributed by atoms with Crippen LogP contribution in [0.5, 0.6) is 5.75 Å². The van der Waals surface area contributed by atoms with E-state index in [0.29, 0.717) is 35.8 Å². The molecule has 1 amide bonds. The highest BCUT2D eigenvalue weighted by molar-refractivity contribution is 6.07. The predicted molar refractivity (Wildman–Crippen MR) is 82.7 cm³/mol. The second-order valence-electron chi connectivity index (χ2n) is 5.22. The Morgan fingerprint density at radius 2 is 2.12 bits per heavy atom. The number of aromatic nitrogens is 4. The molecule has 3 aromatic rings. The highest BCUT2D eigenvalue weighted by Gasteiger charge is 2.25. The van der Waals surface area contributed by atoms with Crippen LogP contribution in [0.4, 0.5) is 10.1 Å². The van der Waals surface area contributed by atoms with Crippen molar-refractivity contribution < 1.29 is 13.9 Å². The Hall–Kier alpha value is -3.29. The van der Waals surface area contributed by atoms with Gasteiger partial charge in [-0.15, -0.1) is 5.10 Å². The molecule has 0 atom stereocenters. The standard InChI is InChI=1S/C16H12FN5O2/c17-12-4-5-15-14(9-12)21(6-7-24-15)16(23)11-2-1-3-13(8-11)22-10-18-19-20-22/h1-5,8-10H,6-7H2. The average molecular weight is 325 g/mol. The molecule has 0 bridgehead atoms. The highest BCUT2D eigenvalue weighted by atomic mass is 19.1. The molecule has 1 aliphatic heterocycles. The number of fused-ring (bicyclic) bond motifs is 1. The Morgan fingerprint density at radius 3 is 2.96 bits per heavy atom. The lowest BCUT2D eigenvalue weighted by Gasteiger charge is -2.29. The molecule has 1 aromatic heterocycles. The zero-order valence-electron chi connectivity index (χ0n) is 12.5. The number of tetrazole rings is 1. The number of hydrogen-bond acceptors (Lipinski definition) is 5. The molecule has 2 heterocycles. The summed E-state index contributed by atoms with van der Waals surface area (Å²) in [6.45, 7) is 0.710. The van der Waals surface area contributed by atoms with Crippen LogP contribution in [0.25, 0.3) is 5.69 Å². The van der Waals surface area contributed by atoms with Gasteiger partial charge in [0.2, 0.25) is 0 Å². The lowest BCUT2D eigenvalue weighted by molar-refractivity contribution is 0.0976. The molecule has 0 spiro atoms. The first-order valence-electron chi connectivity index (χ1n) is 7.30. The topological polar surface area (TPSA) is 73.1 Å². The number of hydrogen-bond donors (Lipinski definition) is 0. The molecule has 0 saturated heterocycles. The van der Waals surface area contributed by atoms with E-state index in [9.17, 15) is 9.18 Å². The zero-order chi connectivity index (χ0) is 16.5. The molecule has 24 heavy (non-hydrogen) atoms. The fourth-order valence-electron chi connectivity index (χ4n) is 2.62. The van der Waals surface area contributed by atoms with Gasteiger partial charge in [-0.25, -0.2) is 9.07 Å². The van der Waals surface area contributed by atoms with Crippen LogP contribution in [0.15, 0.2) is 48.8 Å². The minimum atomic E-state index is -0.417. The van der Waals surface area contributed by atoms with E-state index in [-0.39, 0.29) is 5.91 Å². The van der Waals surface area contributed by atoms with E-state index in [0.717, 1.165) is 0 Å². The number of carbonyl (C=O) groups excluding carboxylic acids is 1. The molecular formula is C16H12FN5O2. The number of anilines is 1. The van der Waals surface area contributed by atoms with Crippen LogP contribution in [-0.4, -0.2) is 39.3 Å². The molecule has 4 rings (SSSR count). The van der Waals surface area contributed by atoms with Crippen molar-refractivity contribution in [1.29, 1.82) is 0 Å². The Bertz CT molecular complexity index is 897. The third-order valence-corrected chi connectivity index (χ3v) is 3.74. The van der Waals surface area contributed by atoms with E-state index >= 15 is 0 Å². The first-order valence-corrected chi connectivity index (χ1v) is 7.30. The highest BCUT2D eigenvalue weighted by Crippen LogP contribution is 2.33. The second kappa shape index (κ2) is 5.73. The lowest BCUT2D eigenvalue weighted by atomic mass is 10.1. The van der Waals surface area contributed by atoms with Gasteiger partial charge < -0.3 is 9.64 Å². The van der Waals surface area contributed by atoms with Gasteiger partial charge in [0.1, 0.15) is 24.5 Å². The van der Waals surface area contributed by atoms with Crippen molar-refractivity contribution in [3.8, 4) is 11.4 Å². The molecule has 0 unspecified atom stereocenters. The van der Waals surface area contributed by atoms with Crippen molar-refractivity contribution in [3.63, 3.8) is 0 Å². The number of rotatable bonds is 2. The molecule has 0 aliphatic carbocycles. The minimum absolute atomic E-state index is 0.236. The molecule has 1 aliphatic rings. The van der Waals surface area contributed by atoms with Gasteiger partial charge in [-0.3, -0.25) is 4.79 Å². The monoisotopic (exact) mass is 325 g/mol. The van der Waals surface area contributed by atoms with E-state index in [2.05, 4.69) is 15.5 Å². The lowest BCUT2D eigenvalue weighted by Crippen LogP contribution is -2.38. The summed E-state index contributed by atoms with van der Waals surface area (Å²) in [6.07, 6.45) is 1.45. The van der Waals surface area contributed by atoms with Crippen molar-refractivity contribution in [2.24, 2.45) is 0 Å². The van der Waals surface area contributed by atoms with Crippen LogP contribution in [0.3, 0.4) is 0 Å². The largest absolute Gasteiger partial charge is 0.490 e. The Balaban J connectivity index is 1.71. The van der Waals surface area contributed by atoms with Crippen LogP contribution in [0, 0.1) is 5.82 Å². The number of nitrogens with zero attached hydrogens (tertiary/aromatic N) is 5. The summed E-state index contributed by atoms with van der Waals surface area (Å²) >= 11 is 0. The van der Waals surface area contributed by atoms with Gasteiger partial charge in [0.05, 0.1) is 17.9 Å². The van der Waals surface area contributed by atoms with Gasteiger partial charge in [0.15, 0.2) is 0 Å². The summed E-state index contributed by atoms with van der Waals surface area (Å²) in [6, 6.07) is 11.1. The van der Waals surface area contributed by atoms with E-state index < -0.39 is 5.82 Å². The summed E-state index contributed by atoms with van der Waals surface area (Å²) in [5.74, 6) is -0.160. The van der Waals surface area contributed by atoms with Crippen molar-refractivity contribution in [1.82, 2.24) is 20.2 Å². The third-order valence-electron chi connectivity index (χ3n) is 3.74. The smallest absolute Gasteiger partial charge is 0.258 e. The molecule has 0 N–H and O–H groups in total. The van der Waals surface area contributed by atoms with Crippen LogP contribution < -0.4 is 9.64 Å². The van der Waals surface area contributed by atoms with Gasteiger partial charge in [0, 0.05) is 11.6 Å². The van der Waals surface area contributed by atoms with Crippen LogP contribution in [0.1, 0.15) is 10.4 Å². The minimum Gasteiger partial charge on any atom is -0.490 e. The fourth-order valence-corrected chi connectivity index (χ4v) is 2.62. The quantitative estimate of drug-likeness (QED) is 0.719. The summed E-state index contributed by atoms with van der Waals surface area (Å²) in [5, 5.41) is 11.0. The van der Waals surface area contributed by atoms with E-state index in [4.69, 9.17) is 4.74 Å². The van der Waals surface area contributed by atoms with Crippen molar-refractivity contribution in [3.05, 3.63) is 60.2 Å². The number of carbonyl (C=O) groups is 1. The Morgan fingerprint density at radius 1 is 1.21 bits per heavy atom. The molecule has 0 radical (unpaired) electrons. The Labute approximate surface area is 136 Å². The van der Waals surface area contributed by atoms with Crippen LogP contribution in [0.2, 0.25) is 0 Å². The van der Waals surface area contributed by atoms with Crippen molar-refractivity contribution in [2.45, 2.75) is 0 Å². The maximum absolute atomic E-state index is 13.6. The molecule has 120 valence electrons. The summed E-state index contributed by atoms with van der Waals surface area (Å²) in [4.78, 5) is 14.4. The molecule has 7 nitrogen and oxygen atoms in total. The summed E-state index contributed by atoms with van der Waals surface area (Å²) in [7, 11) is 0. The normalized spacial score (nSPS) is 13.3. The van der Waals surface area contributed by atoms with Crippen LogP contribution in [-0.2, 0) is 0 Å². The average Bonchev–Trinajstić information content (AvgIpc) is 3.15. The number of halogens is 1. The molecule has 0 saturated carbocycles. The number of benzene rings is 2. The number of amides is 1. The zero-order valence-corrected chi connectivity index (χ0v) is 12.5.